The lowest BCUT2D eigenvalue weighted by Gasteiger charge is -2.28. The average molecular weight is 1150 g/mol. The molecule has 0 saturated carbocycles. The highest BCUT2D eigenvalue weighted by atomic mass is 32.2. The molecule has 0 saturated heterocycles. The summed E-state index contributed by atoms with van der Waals surface area (Å²) in [6, 6.07) is -11.0. The van der Waals surface area contributed by atoms with E-state index in [0.717, 1.165) is 0 Å². The van der Waals surface area contributed by atoms with Crippen molar-refractivity contribution in [2.75, 3.05) is 31.6 Å². The molecule has 0 aliphatic carbocycles. The van der Waals surface area contributed by atoms with Gasteiger partial charge in [0.1, 0.15) is 48.3 Å². The number of thioether (sulfide) groups is 1. The molecule has 2 rings (SSSR count). The Kier molecular flexibility index (Phi) is 31.0. The van der Waals surface area contributed by atoms with Crippen LogP contribution in [0.1, 0.15) is 105 Å². The molecular weight excluding hydrogens is 1060 g/mol. The van der Waals surface area contributed by atoms with Gasteiger partial charge in [0.25, 0.3) is 0 Å². The summed E-state index contributed by atoms with van der Waals surface area (Å²) >= 11 is 1.38. The van der Waals surface area contributed by atoms with Crippen molar-refractivity contribution in [2.45, 2.75) is 161 Å². The first-order valence-electron chi connectivity index (χ1n) is 26.6. The van der Waals surface area contributed by atoms with Crippen LogP contribution in [0.15, 0.2) is 30.0 Å². The van der Waals surface area contributed by atoms with E-state index in [1.807, 2.05) is 13.8 Å². The summed E-state index contributed by atoms with van der Waals surface area (Å²) in [5.74, 6) is -8.87. The Morgan fingerprint density at radius 2 is 1.05 bits per heavy atom. The number of hydrogen-bond donors (Lipinski definition) is 16. The zero-order chi connectivity index (χ0) is 60.1. The number of carboxylic acids is 1. The van der Waals surface area contributed by atoms with Crippen LogP contribution in [-0.4, -0.2) is 176 Å². The van der Waals surface area contributed by atoms with E-state index in [1.165, 1.54) is 43.7 Å². The summed E-state index contributed by atoms with van der Waals surface area (Å²) in [5.41, 5.74) is 23.4. The lowest BCUT2D eigenvalue weighted by atomic mass is 9.99. The van der Waals surface area contributed by atoms with Crippen LogP contribution >= 0.6 is 11.8 Å². The molecule has 2 aromatic rings. The first-order chi connectivity index (χ1) is 37.8. The summed E-state index contributed by atoms with van der Waals surface area (Å²) in [5, 5.41) is 33.4. The SMILES string of the molecule is CSCC[C@H](NC(=O)[C@H](CCCCN)NC(=O)[C@H](Cc1cnc[nH]1)NC(=O)[C@H](CCCN=C(N)N)NC(=O)CNC(=O)[C@H](CC(C)C)NC(=O)[C@@H](NC(=O)[C@H](C)N)C(C)C)C(=O)N[C@@H](Cc1cnc[nH]1)C(=O)N[C@H](C(=O)O)C(C)C. The van der Waals surface area contributed by atoms with Crippen molar-refractivity contribution in [1.29, 1.82) is 0 Å². The molecule has 0 aliphatic heterocycles. The molecule has 9 atom stereocenters. The number of aliphatic carboxylic acids is 1. The maximum atomic E-state index is 14.5. The first-order valence-corrected chi connectivity index (χ1v) is 28.0. The number of aromatic nitrogens is 4. The second-order valence-electron chi connectivity index (χ2n) is 20.4. The summed E-state index contributed by atoms with van der Waals surface area (Å²) in [6.45, 7) is 11.4. The molecular formula is C50H86N18O11S. The predicted octanol–water partition coefficient (Wildman–Crippen LogP) is -3.36. The van der Waals surface area contributed by atoms with Gasteiger partial charge in [0.15, 0.2) is 5.96 Å². The third-order valence-corrected chi connectivity index (χ3v) is 12.9. The Labute approximate surface area is 470 Å². The van der Waals surface area contributed by atoms with Crippen molar-refractivity contribution in [3.8, 4) is 0 Å². The monoisotopic (exact) mass is 1150 g/mol. The van der Waals surface area contributed by atoms with Crippen molar-refractivity contribution >= 4 is 76.9 Å². The van der Waals surface area contributed by atoms with Gasteiger partial charge in [-0.25, -0.2) is 14.8 Å². The van der Waals surface area contributed by atoms with E-state index in [-0.39, 0.29) is 75.8 Å². The van der Waals surface area contributed by atoms with Gasteiger partial charge in [0, 0.05) is 43.2 Å². The topological polar surface area (TPSA) is 473 Å². The Balaban J connectivity index is 2.43. The fourth-order valence-electron chi connectivity index (χ4n) is 7.87. The van der Waals surface area contributed by atoms with Gasteiger partial charge in [-0.1, -0.05) is 41.5 Å². The van der Waals surface area contributed by atoms with Gasteiger partial charge in [-0.05, 0) is 88.2 Å². The number of hydrogen-bond acceptors (Lipinski definition) is 16. The van der Waals surface area contributed by atoms with Crippen molar-refractivity contribution in [2.24, 2.45) is 45.7 Å². The number of unbranched alkanes of at least 4 members (excludes halogenated alkanes) is 1. The highest BCUT2D eigenvalue weighted by molar-refractivity contribution is 7.98. The Hall–Kier alpha value is -7.34. The van der Waals surface area contributed by atoms with Crippen LogP contribution in [0.25, 0.3) is 0 Å². The van der Waals surface area contributed by atoms with Gasteiger partial charge in [-0.2, -0.15) is 11.8 Å². The minimum absolute atomic E-state index is 0.0341. The number of amides is 9. The highest BCUT2D eigenvalue weighted by Crippen LogP contribution is 2.12. The summed E-state index contributed by atoms with van der Waals surface area (Å²) < 4.78 is 0. The van der Waals surface area contributed by atoms with Crippen LogP contribution in [-0.2, 0) is 60.8 Å². The van der Waals surface area contributed by atoms with Crippen LogP contribution in [0.5, 0.6) is 0 Å². The van der Waals surface area contributed by atoms with Gasteiger partial charge in [0.2, 0.25) is 53.2 Å². The van der Waals surface area contributed by atoms with E-state index in [2.05, 4.69) is 72.8 Å². The molecule has 448 valence electrons. The smallest absolute Gasteiger partial charge is 0.326 e. The molecule has 9 amide bonds. The molecule has 0 bridgehead atoms. The second-order valence-corrected chi connectivity index (χ2v) is 21.4. The molecule has 20 N–H and O–H groups in total. The molecule has 0 radical (unpaired) electrons. The standard InChI is InChI=1S/C50H86N18O11S/c1-26(2)18-35(66-48(77)39(27(3)4)67-41(70)29(7)52)42(71)58-23-38(69)61-32(13-11-16-57-50(53)54)43(72)64-36(19-30-21-55-24-59-30)46(75)62-33(12-9-10-15-51)44(73)63-34(14-17-80-8)45(74)65-37(20-31-22-56-25-60-31)47(76)68-40(28(5)6)49(78)79/h21-22,24-29,32-37,39-40H,9-20,23,51-52H2,1-8H3,(H,55,59)(H,56,60)(H,58,71)(H,61,69)(H,62,75)(H,63,73)(H,64,72)(H,65,74)(H,66,77)(H,67,70)(H,68,76)(H,78,79)(H4,53,54,57)/t29-,32-,33-,34-,35-,36-,37-,39-,40-/m0/s1. The van der Waals surface area contributed by atoms with Crippen LogP contribution in [0.2, 0.25) is 0 Å². The molecule has 0 spiro atoms. The molecule has 0 unspecified atom stereocenters. The van der Waals surface area contributed by atoms with Gasteiger partial charge in [0.05, 0.1) is 25.2 Å². The summed E-state index contributed by atoms with van der Waals surface area (Å²) in [7, 11) is 0. The number of carbonyl (C=O) groups is 10. The number of carbonyl (C=O) groups excluding carboxylic acids is 9. The zero-order valence-corrected chi connectivity index (χ0v) is 47.8. The fourth-order valence-corrected chi connectivity index (χ4v) is 8.34. The Morgan fingerprint density at radius 3 is 1.50 bits per heavy atom. The number of carboxylic acid groups (broad SMARTS) is 1. The Bertz CT molecular complexity index is 2330. The van der Waals surface area contributed by atoms with Gasteiger partial charge >= 0.3 is 5.97 Å². The number of guanidine groups is 1. The second kappa shape index (κ2) is 36.0. The van der Waals surface area contributed by atoms with Gasteiger partial charge in [-0.3, -0.25) is 48.1 Å². The van der Waals surface area contributed by atoms with Crippen LogP contribution in [0, 0.1) is 17.8 Å². The number of aliphatic imine (C=N–C) groups is 1. The molecule has 2 aromatic heterocycles. The number of nitrogens with two attached hydrogens (primary N) is 4. The Morgan fingerprint density at radius 1 is 0.588 bits per heavy atom. The summed E-state index contributed by atoms with van der Waals surface area (Å²) in [4.78, 5) is 153. The minimum atomic E-state index is -1.42. The number of nitrogens with one attached hydrogen (secondary N) is 11. The van der Waals surface area contributed by atoms with Crippen molar-refractivity contribution in [1.82, 2.24) is 67.8 Å². The van der Waals surface area contributed by atoms with Crippen molar-refractivity contribution in [3.05, 3.63) is 36.4 Å². The molecule has 0 aliphatic rings. The number of imidazole rings is 2. The first kappa shape index (κ1) is 68.8. The highest BCUT2D eigenvalue weighted by Gasteiger charge is 2.35. The number of aromatic amines is 2. The molecule has 30 heteroatoms. The predicted molar refractivity (Wildman–Crippen MR) is 299 cm³/mol. The molecule has 2 heterocycles. The molecule has 0 fully saturated rings. The number of H-pyrrole nitrogens is 2. The van der Waals surface area contributed by atoms with E-state index in [4.69, 9.17) is 22.9 Å². The summed E-state index contributed by atoms with van der Waals surface area (Å²) in [6.07, 6.45) is 8.24. The van der Waals surface area contributed by atoms with E-state index < -0.39 is 126 Å². The zero-order valence-electron chi connectivity index (χ0n) is 47.0. The van der Waals surface area contributed by atoms with E-state index >= 15 is 0 Å². The minimum Gasteiger partial charge on any atom is -0.480 e. The lowest BCUT2D eigenvalue weighted by molar-refractivity contribution is -0.143. The van der Waals surface area contributed by atoms with Crippen LogP contribution < -0.4 is 70.8 Å². The molecule has 29 nitrogen and oxygen atoms in total. The van der Waals surface area contributed by atoms with E-state index in [9.17, 15) is 53.1 Å². The van der Waals surface area contributed by atoms with Crippen molar-refractivity contribution in [3.63, 3.8) is 0 Å². The number of nitrogens with zero attached hydrogens (tertiary/aromatic N) is 3. The van der Waals surface area contributed by atoms with Gasteiger partial charge < -0.3 is 85.9 Å². The normalized spacial score (nSPS) is 14.6. The third-order valence-electron chi connectivity index (χ3n) is 12.3. The quantitative estimate of drug-likeness (QED) is 0.0177. The van der Waals surface area contributed by atoms with Crippen molar-refractivity contribution < 1.29 is 53.1 Å². The van der Waals surface area contributed by atoms with E-state index in [1.54, 1.807) is 34.0 Å². The van der Waals surface area contributed by atoms with Crippen LogP contribution in [0.3, 0.4) is 0 Å². The van der Waals surface area contributed by atoms with Crippen LogP contribution in [0.4, 0.5) is 0 Å². The maximum Gasteiger partial charge on any atom is 0.326 e. The van der Waals surface area contributed by atoms with E-state index in [0.29, 0.717) is 30.0 Å². The largest absolute Gasteiger partial charge is 0.480 e. The fraction of sp³-hybridized carbons (Fsp3) is 0.660. The number of rotatable bonds is 38. The molecule has 80 heavy (non-hydrogen) atoms. The van der Waals surface area contributed by atoms with Gasteiger partial charge in [-0.15, -0.1) is 0 Å². The lowest BCUT2D eigenvalue weighted by Crippen LogP contribution is -2.60. The maximum absolute atomic E-state index is 14.5. The third kappa shape index (κ3) is 25.6. The average Bonchev–Trinajstić information content (AvgIpc) is 4.12. The molecule has 0 aromatic carbocycles.